The molecule has 1 aromatic carbocycles. The summed E-state index contributed by atoms with van der Waals surface area (Å²) in [6.45, 7) is -0.550. The van der Waals surface area contributed by atoms with Gasteiger partial charge in [0.05, 0.1) is 5.92 Å². The third-order valence-corrected chi connectivity index (χ3v) is 2.71. The number of halogens is 4. The highest BCUT2D eigenvalue weighted by Crippen LogP contribution is 2.38. The predicted octanol–water partition coefficient (Wildman–Crippen LogP) is 2.76. The lowest BCUT2D eigenvalue weighted by atomic mass is 9.98. The average Bonchev–Trinajstić information content (AvgIpc) is 2.10. The number of hydrogen-bond acceptors (Lipinski definition) is 2. The fraction of sp³-hybridized carbons (Fsp3) is 0.333. The van der Waals surface area contributed by atoms with Gasteiger partial charge in [0.25, 0.3) is 0 Å². The number of hydrogen-bond donors (Lipinski definition) is 2. The molecular weight excluding hydrogens is 275 g/mol. The van der Waals surface area contributed by atoms with Crippen LogP contribution in [0, 0.1) is 0 Å². The summed E-state index contributed by atoms with van der Waals surface area (Å²) in [5.41, 5.74) is 5.04. The molecule has 1 unspecified atom stereocenters. The van der Waals surface area contributed by atoms with E-state index in [2.05, 4.69) is 15.9 Å². The Bertz CT molecular complexity index is 354. The molecule has 6 heteroatoms. The van der Waals surface area contributed by atoms with E-state index in [4.69, 9.17) is 10.8 Å². The van der Waals surface area contributed by atoms with Gasteiger partial charge in [-0.3, -0.25) is 0 Å². The largest absolute Gasteiger partial charge is 0.508 e. The molecule has 0 aliphatic heterocycles. The highest BCUT2D eigenvalue weighted by atomic mass is 79.9. The molecule has 0 heterocycles. The maximum Gasteiger partial charge on any atom is 0.396 e. The van der Waals surface area contributed by atoms with Gasteiger partial charge in [-0.25, -0.2) is 0 Å². The second-order valence-corrected chi connectivity index (χ2v) is 3.89. The Hall–Kier alpha value is -0.750. The van der Waals surface area contributed by atoms with Gasteiger partial charge in [-0.1, -0.05) is 15.9 Å². The SMILES string of the molecule is NCC(c1cc(O)ccc1Br)C(F)(F)F. The number of rotatable bonds is 2. The van der Waals surface area contributed by atoms with Crippen molar-refractivity contribution in [2.75, 3.05) is 6.54 Å². The fourth-order valence-corrected chi connectivity index (χ4v) is 1.76. The molecule has 0 saturated carbocycles. The lowest BCUT2D eigenvalue weighted by Gasteiger charge is -2.20. The standard InChI is InChI=1S/C9H9BrF3NO/c10-8-2-1-5(15)3-6(8)7(4-14)9(11,12)13/h1-3,7,15H,4,14H2. The van der Waals surface area contributed by atoms with E-state index in [1.807, 2.05) is 0 Å². The van der Waals surface area contributed by atoms with E-state index in [0.29, 0.717) is 0 Å². The molecule has 1 atom stereocenters. The monoisotopic (exact) mass is 283 g/mol. The molecule has 15 heavy (non-hydrogen) atoms. The Morgan fingerprint density at radius 1 is 1.40 bits per heavy atom. The van der Waals surface area contributed by atoms with Gasteiger partial charge in [-0.15, -0.1) is 0 Å². The van der Waals surface area contributed by atoms with Crippen LogP contribution in [-0.2, 0) is 0 Å². The summed E-state index contributed by atoms with van der Waals surface area (Å²) < 4.78 is 37.9. The molecule has 1 rings (SSSR count). The highest BCUT2D eigenvalue weighted by molar-refractivity contribution is 9.10. The molecule has 0 aliphatic carbocycles. The molecule has 0 aromatic heterocycles. The number of phenolic OH excluding ortho intramolecular Hbond substituents is 1. The van der Waals surface area contributed by atoms with Crippen molar-refractivity contribution in [1.82, 2.24) is 0 Å². The minimum absolute atomic E-state index is 0.0509. The summed E-state index contributed by atoms with van der Waals surface area (Å²) in [6.07, 6.45) is -4.41. The van der Waals surface area contributed by atoms with Gasteiger partial charge in [0, 0.05) is 11.0 Å². The summed E-state index contributed by atoms with van der Waals surface area (Å²) in [5.74, 6) is -1.98. The molecule has 0 radical (unpaired) electrons. The van der Waals surface area contributed by atoms with Crippen LogP contribution in [0.4, 0.5) is 13.2 Å². The summed E-state index contributed by atoms with van der Waals surface area (Å²) in [7, 11) is 0. The topological polar surface area (TPSA) is 46.2 Å². The first-order valence-corrected chi connectivity index (χ1v) is 4.90. The van der Waals surface area contributed by atoms with E-state index in [9.17, 15) is 13.2 Å². The normalized spacial score (nSPS) is 13.9. The van der Waals surface area contributed by atoms with Crippen LogP contribution in [0.5, 0.6) is 5.75 Å². The lowest BCUT2D eigenvalue weighted by Crippen LogP contribution is -2.28. The van der Waals surface area contributed by atoms with Crippen LogP contribution in [-0.4, -0.2) is 17.8 Å². The minimum atomic E-state index is -4.41. The third-order valence-electron chi connectivity index (χ3n) is 1.99. The molecule has 2 nitrogen and oxygen atoms in total. The van der Waals surface area contributed by atoms with Crippen LogP contribution >= 0.6 is 15.9 Å². The van der Waals surface area contributed by atoms with Gasteiger partial charge < -0.3 is 10.8 Å². The van der Waals surface area contributed by atoms with Gasteiger partial charge in [0.2, 0.25) is 0 Å². The second kappa shape index (κ2) is 4.40. The Morgan fingerprint density at radius 2 is 2.00 bits per heavy atom. The van der Waals surface area contributed by atoms with Crippen molar-refractivity contribution in [2.45, 2.75) is 12.1 Å². The van der Waals surface area contributed by atoms with E-state index < -0.39 is 18.6 Å². The van der Waals surface area contributed by atoms with Crippen LogP contribution in [0.15, 0.2) is 22.7 Å². The first-order valence-electron chi connectivity index (χ1n) is 4.11. The molecule has 0 fully saturated rings. The van der Waals surface area contributed by atoms with Crippen molar-refractivity contribution in [3.8, 4) is 5.75 Å². The van der Waals surface area contributed by atoms with Crippen molar-refractivity contribution in [1.29, 1.82) is 0 Å². The molecule has 1 aromatic rings. The molecule has 0 aliphatic rings. The van der Waals surface area contributed by atoms with Gasteiger partial charge in [0.15, 0.2) is 0 Å². The Morgan fingerprint density at radius 3 is 2.47 bits per heavy atom. The van der Waals surface area contributed by atoms with Crippen LogP contribution in [0.25, 0.3) is 0 Å². The molecule has 84 valence electrons. The second-order valence-electron chi connectivity index (χ2n) is 3.04. The molecular formula is C9H9BrF3NO. The molecule has 0 saturated heterocycles. The van der Waals surface area contributed by atoms with E-state index in [1.54, 1.807) is 0 Å². The van der Waals surface area contributed by atoms with E-state index in [0.717, 1.165) is 6.07 Å². The Balaban J connectivity index is 3.18. The fourth-order valence-electron chi connectivity index (χ4n) is 1.24. The summed E-state index contributed by atoms with van der Waals surface area (Å²) >= 11 is 3.00. The van der Waals surface area contributed by atoms with Gasteiger partial charge in [-0.05, 0) is 23.8 Å². The first-order chi connectivity index (χ1) is 6.86. The van der Waals surface area contributed by atoms with Gasteiger partial charge in [0.1, 0.15) is 5.75 Å². The number of aromatic hydroxyl groups is 1. The quantitative estimate of drug-likeness (QED) is 0.877. The molecule has 0 amide bonds. The molecule has 3 N–H and O–H groups in total. The zero-order chi connectivity index (χ0) is 11.6. The van der Waals surface area contributed by atoms with Crippen LogP contribution in [0.1, 0.15) is 11.5 Å². The van der Waals surface area contributed by atoms with E-state index in [-0.39, 0.29) is 15.8 Å². The predicted molar refractivity (Wildman–Crippen MR) is 53.7 cm³/mol. The Kier molecular flexibility index (Phi) is 3.62. The minimum Gasteiger partial charge on any atom is -0.508 e. The maximum atomic E-state index is 12.5. The van der Waals surface area contributed by atoms with E-state index in [1.165, 1.54) is 12.1 Å². The summed E-state index contributed by atoms with van der Waals surface area (Å²) in [6, 6.07) is 3.73. The van der Waals surface area contributed by atoms with Crippen LogP contribution < -0.4 is 5.73 Å². The van der Waals surface area contributed by atoms with E-state index >= 15 is 0 Å². The van der Waals surface area contributed by atoms with Gasteiger partial charge >= 0.3 is 6.18 Å². The number of nitrogens with two attached hydrogens (primary N) is 1. The third kappa shape index (κ3) is 2.85. The maximum absolute atomic E-state index is 12.5. The first kappa shape index (κ1) is 12.3. The van der Waals surface area contributed by atoms with Crippen molar-refractivity contribution >= 4 is 15.9 Å². The van der Waals surface area contributed by atoms with Crippen LogP contribution in [0.3, 0.4) is 0 Å². The van der Waals surface area contributed by atoms with Crippen molar-refractivity contribution < 1.29 is 18.3 Å². The van der Waals surface area contributed by atoms with Gasteiger partial charge in [-0.2, -0.15) is 13.2 Å². The number of phenols is 1. The highest BCUT2D eigenvalue weighted by Gasteiger charge is 2.40. The summed E-state index contributed by atoms with van der Waals surface area (Å²) in [5, 5.41) is 9.12. The zero-order valence-electron chi connectivity index (χ0n) is 7.55. The molecule has 0 spiro atoms. The zero-order valence-corrected chi connectivity index (χ0v) is 9.14. The van der Waals surface area contributed by atoms with Crippen molar-refractivity contribution in [3.05, 3.63) is 28.2 Å². The van der Waals surface area contributed by atoms with Crippen LogP contribution in [0.2, 0.25) is 0 Å². The van der Waals surface area contributed by atoms with Crippen molar-refractivity contribution in [3.63, 3.8) is 0 Å². The lowest BCUT2D eigenvalue weighted by molar-refractivity contribution is -0.148. The van der Waals surface area contributed by atoms with Crippen molar-refractivity contribution in [2.24, 2.45) is 5.73 Å². The average molecular weight is 284 g/mol. The molecule has 0 bridgehead atoms. The summed E-state index contributed by atoms with van der Waals surface area (Å²) in [4.78, 5) is 0. The number of alkyl halides is 3. The number of benzene rings is 1. The Labute approximate surface area is 93.0 Å². The smallest absolute Gasteiger partial charge is 0.396 e.